The van der Waals surface area contributed by atoms with Crippen molar-refractivity contribution in [1.82, 2.24) is 0 Å². The Labute approximate surface area is 210 Å². The molecule has 2 heterocycles. The summed E-state index contributed by atoms with van der Waals surface area (Å²) >= 11 is 0. The molecule has 2 aliphatic heterocycles. The number of carbonyl (C=O) groups is 2. The van der Waals surface area contributed by atoms with Crippen LogP contribution in [0.2, 0.25) is 0 Å². The van der Waals surface area contributed by atoms with Crippen LogP contribution in [0.4, 0.5) is 0 Å². The molecule has 2 aliphatic rings. The molecule has 0 unspecified atom stereocenters. The molecule has 0 amide bonds. The van der Waals surface area contributed by atoms with E-state index in [0.717, 1.165) is 0 Å². The van der Waals surface area contributed by atoms with Gasteiger partial charge in [0, 0.05) is 20.0 Å². The minimum atomic E-state index is -1.01. The van der Waals surface area contributed by atoms with Gasteiger partial charge in [0.25, 0.3) is 0 Å². The van der Waals surface area contributed by atoms with Crippen molar-refractivity contribution in [3.05, 3.63) is 71.8 Å². The van der Waals surface area contributed by atoms with Gasteiger partial charge < -0.3 is 33.5 Å². The van der Waals surface area contributed by atoms with E-state index < -0.39 is 61.1 Å². The summed E-state index contributed by atoms with van der Waals surface area (Å²) in [7, 11) is 1.53. The van der Waals surface area contributed by atoms with Crippen LogP contribution < -0.4 is 0 Å². The zero-order chi connectivity index (χ0) is 25.7. The van der Waals surface area contributed by atoms with Crippen molar-refractivity contribution in [3.63, 3.8) is 0 Å². The number of aliphatic hydroxyl groups excluding tert-OH is 1. The average Bonchev–Trinajstić information content (AvgIpc) is 2.88. The summed E-state index contributed by atoms with van der Waals surface area (Å²) in [5, 5.41) is 10.8. The lowest BCUT2D eigenvalue weighted by Crippen LogP contribution is -2.55. The second-order valence-electron chi connectivity index (χ2n) is 8.96. The van der Waals surface area contributed by atoms with Crippen molar-refractivity contribution < 1.29 is 43.1 Å². The molecule has 0 radical (unpaired) electrons. The Bertz CT molecular complexity index is 987. The van der Waals surface area contributed by atoms with Crippen molar-refractivity contribution in [2.24, 2.45) is 0 Å². The molecule has 2 fully saturated rings. The lowest BCUT2D eigenvalue weighted by molar-refractivity contribution is -0.302. The molecule has 8 atom stereocenters. The van der Waals surface area contributed by atoms with E-state index in [9.17, 15) is 14.7 Å². The first-order chi connectivity index (χ1) is 17.4. The normalized spacial score (nSPS) is 32.4. The van der Waals surface area contributed by atoms with Gasteiger partial charge in [-0.2, -0.15) is 0 Å². The quantitative estimate of drug-likeness (QED) is 0.574. The van der Waals surface area contributed by atoms with Crippen LogP contribution in [0.25, 0.3) is 0 Å². The van der Waals surface area contributed by atoms with E-state index in [2.05, 4.69) is 0 Å². The monoisotopic (exact) mass is 500 g/mol. The summed E-state index contributed by atoms with van der Waals surface area (Å²) in [6.45, 7) is 3.49. The molecule has 1 N–H and O–H groups in total. The largest absolute Gasteiger partial charge is 0.453 e. The Balaban J connectivity index is 1.41. The van der Waals surface area contributed by atoms with E-state index in [1.807, 2.05) is 6.07 Å². The smallest absolute Gasteiger partial charge is 0.338 e. The molecule has 194 valence electrons. The second-order valence-corrected chi connectivity index (χ2v) is 8.96. The van der Waals surface area contributed by atoms with Crippen LogP contribution in [-0.4, -0.2) is 73.4 Å². The summed E-state index contributed by atoms with van der Waals surface area (Å²) < 4.78 is 34.7. The van der Waals surface area contributed by atoms with Gasteiger partial charge in [-0.25, -0.2) is 9.59 Å². The third-order valence-electron chi connectivity index (χ3n) is 6.36. The number of hydrogen-bond donors (Lipinski definition) is 1. The van der Waals surface area contributed by atoms with Gasteiger partial charge in [0.1, 0.15) is 6.10 Å². The van der Waals surface area contributed by atoms with E-state index in [1.165, 1.54) is 7.11 Å². The molecule has 4 rings (SSSR count). The fourth-order valence-electron chi connectivity index (χ4n) is 4.46. The van der Waals surface area contributed by atoms with Gasteiger partial charge in [0.2, 0.25) is 0 Å². The molecule has 0 bridgehead atoms. The van der Waals surface area contributed by atoms with Crippen LogP contribution in [0.5, 0.6) is 0 Å². The van der Waals surface area contributed by atoms with Crippen molar-refractivity contribution >= 4 is 11.9 Å². The maximum absolute atomic E-state index is 12.7. The van der Waals surface area contributed by atoms with Gasteiger partial charge in [0.05, 0.1) is 29.4 Å². The predicted molar refractivity (Wildman–Crippen MR) is 127 cm³/mol. The number of rotatable bonds is 7. The molecule has 36 heavy (non-hydrogen) atoms. The van der Waals surface area contributed by atoms with Crippen LogP contribution in [-0.2, 0) is 28.4 Å². The molecular formula is C27H32O9. The summed E-state index contributed by atoms with van der Waals surface area (Å²) in [4.78, 5) is 25.2. The van der Waals surface area contributed by atoms with Crippen molar-refractivity contribution in [1.29, 1.82) is 0 Å². The molecule has 0 aliphatic carbocycles. The summed E-state index contributed by atoms with van der Waals surface area (Å²) in [6, 6.07) is 17.2. The first-order valence-electron chi connectivity index (χ1n) is 12.0. The molecule has 2 aromatic rings. The molecule has 0 aromatic heterocycles. The maximum atomic E-state index is 12.7. The zero-order valence-corrected chi connectivity index (χ0v) is 20.5. The third-order valence-corrected chi connectivity index (χ3v) is 6.36. The summed E-state index contributed by atoms with van der Waals surface area (Å²) in [5.41, 5.74) is 0.804. The third kappa shape index (κ3) is 6.29. The number of carbonyl (C=O) groups excluding carboxylic acids is 2. The van der Waals surface area contributed by atoms with Gasteiger partial charge in [0.15, 0.2) is 24.8 Å². The molecule has 2 aromatic carbocycles. The predicted octanol–water partition coefficient (Wildman–Crippen LogP) is 3.10. The Morgan fingerprint density at radius 1 is 0.778 bits per heavy atom. The maximum Gasteiger partial charge on any atom is 0.338 e. The average molecular weight is 501 g/mol. The van der Waals surface area contributed by atoms with Gasteiger partial charge in [-0.15, -0.1) is 0 Å². The van der Waals surface area contributed by atoms with Crippen molar-refractivity contribution in [2.45, 2.75) is 75.9 Å². The fourth-order valence-corrected chi connectivity index (χ4v) is 4.46. The molecule has 0 spiro atoms. The van der Waals surface area contributed by atoms with E-state index >= 15 is 0 Å². The Hall–Kier alpha value is -2.82. The first-order valence-corrected chi connectivity index (χ1v) is 12.0. The van der Waals surface area contributed by atoms with Gasteiger partial charge >= 0.3 is 11.9 Å². The van der Waals surface area contributed by atoms with E-state index in [0.29, 0.717) is 17.5 Å². The minimum absolute atomic E-state index is 0.0693. The standard InChI is InChI=1S/C27H32O9/c1-16-24(35-26(29)18-10-6-4-7-11-18)20(28)14-23(33-16)34-21-15-22(31-3)32-17(2)25(21)36-27(30)19-12-8-5-9-13-19/h4-13,16-17,20-25,28H,14-15H2,1-3H3/t16-,17-,20-,21-,22-,23+,24-,25-/m1/s1. The Morgan fingerprint density at radius 3 is 1.81 bits per heavy atom. The highest BCUT2D eigenvalue weighted by atomic mass is 16.7. The van der Waals surface area contributed by atoms with Gasteiger partial charge in [-0.1, -0.05) is 36.4 Å². The van der Waals surface area contributed by atoms with E-state index in [4.69, 9.17) is 28.4 Å². The van der Waals surface area contributed by atoms with E-state index in [1.54, 1.807) is 68.4 Å². The molecule has 9 nitrogen and oxygen atoms in total. The highest BCUT2D eigenvalue weighted by molar-refractivity contribution is 5.90. The number of methoxy groups -OCH3 is 1. The van der Waals surface area contributed by atoms with E-state index in [-0.39, 0.29) is 6.42 Å². The lowest BCUT2D eigenvalue weighted by Gasteiger charge is -2.43. The van der Waals surface area contributed by atoms with Crippen molar-refractivity contribution in [2.75, 3.05) is 7.11 Å². The number of aliphatic hydroxyl groups is 1. The highest BCUT2D eigenvalue weighted by Gasteiger charge is 2.45. The number of ether oxygens (including phenoxy) is 6. The molecular weight excluding hydrogens is 468 g/mol. The summed E-state index contributed by atoms with van der Waals surface area (Å²) in [6.07, 6.45) is -5.34. The van der Waals surface area contributed by atoms with Crippen LogP contribution >= 0.6 is 0 Å². The Morgan fingerprint density at radius 2 is 1.28 bits per heavy atom. The molecule has 9 heteroatoms. The van der Waals surface area contributed by atoms with Crippen LogP contribution in [0.3, 0.4) is 0 Å². The highest BCUT2D eigenvalue weighted by Crippen LogP contribution is 2.31. The summed E-state index contributed by atoms with van der Waals surface area (Å²) in [5.74, 6) is -1.03. The van der Waals surface area contributed by atoms with Crippen LogP contribution in [0.15, 0.2) is 60.7 Å². The van der Waals surface area contributed by atoms with Crippen LogP contribution in [0.1, 0.15) is 47.4 Å². The number of hydrogen-bond acceptors (Lipinski definition) is 9. The number of benzene rings is 2. The SMILES string of the molecule is CO[C@H]1C[C@@H](O[C@H]2C[C@@H](O)[C@H](OC(=O)c3ccccc3)[C@@H](C)O2)[C@H](OC(=O)c2ccccc2)[C@@H](C)O1. The fraction of sp³-hybridized carbons (Fsp3) is 0.481. The van der Waals surface area contributed by atoms with Gasteiger partial charge in [-0.05, 0) is 38.1 Å². The zero-order valence-electron chi connectivity index (χ0n) is 20.5. The minimum Gasteiger partial charge on any atom is -0.453 e. The van der Waals surface area contributed by atoms with Crippen molar-refractivity contribution in [3.8, 4) is 0 Å². The Kier molecular flexibility index (Phi) is 8.71. The van der Waals surface area contributed by atoms with Gasteiger partial charge in [-0.3, -0.25) is 0 Å². The molecule has 0 saturated carbocycles. The first kappa shape index (κ1) is 26.2. The lowest BCUT2D eigenvalue weighted by atomic mass is 10.00. The second kappa shape index (κ2) is 11.9. The topological polar surface area (TPSA) is 110 Å². The van der Waals surface area contributed by atoms with Crippen LogP contribution in [0, 0.1) is 0 Å². The number of esters is 2. The molecule has 2 saturated heterocycles.